The molecule has 2 aromatic heterocycles. The number of nitrogens with zero attached hydrogens (tertiary/aromatic N) is 4. The zero-order valence-electron chi connectivity index (χ0n) is 74.6. The molecule has 132 heavy (non-hydrogen) atoms. The van der Waals surface area contributed by atoms with E-state index >= 15 is 0 Å². The van der Waals surface area contributed by atoms with Crippen LogP contribution in [-0.2, 0) is 46.7 Å². The Bertz CT molecular complexity index is 6860. The number of fused-ring (bicyclic) bond motifs is 12. The quantitative estimate of drug-likeness (QED) is 0.0365. The zero-order valence-corrected chi connectivity index (χ0v) is 74.6. The fourth-order valence-corrected chi connectivity index (χ4v) is 20.9. The number of aromatic nitrogens is 2. The monoisotopic (exact) mass is 1710 g/mol. The molecule has 646 valence electrons. The third-order valence-corrected chi connectivity index (χ3v) is 27.3. The first-order valence-electron chi connectivity index (χ1n) is 46.8. The van der Waals surface area contributed by atoms with Crippen LogP contribution in [0.25, 0.3) is 89.4 Å². The first-order chi connectivity index (χ1) is 65.3. The van der Waals surface area contributed by atoms with Crippen LogP contribution < -0.4 is 19.3 Å². The van der Waals surface area contributed by atoms with Gasteiger partial charge in [-0.25, -0.2) is 0 Å². The molecular formula is C124H106N4O4. The average molecular weight is 1720 g/mol. The van der Waals surface area contributed by atoms with Gasteiger partial charge in [-0.2, -0.15) is 0 Å². The summed E-state index contributed by atoms with van der Waals surface area (Å²) in [5.41, 5.74) is 32.8. The van der Waals surface area contributed by atoms with Gasteiger partial charge >= 0.3 is 0 Å². The molecule has 8 nitrogen and oxygen atoms in total. The summed E-state index contributed by atoms with van der Waals surface area (Å²) in [5, 5.41) is 4.78. The standard InChI is InChI=1S/C124H106N4O4/c1-3-89-57-69-105(70-58-89)131-79-31-7-5-29-77-123(95-33-13-9-14-34-95)115-45-25-21-41-107(115)109-73-65-103(83-117(109)123)125(97-37-17-11-18-38-97)101-67-75-121-113(81-101)111-43-23-27-47-119(111)127(121)99-61-53-93(54-62-99)87-129-85-91-49-51-92(52-50-91)86-130-88-94-55-63-100(64-56-94)128-120-48-28-24-44-112(120)114-82-102(68-76-122(114)128)126(98-39-19-12-20-40-98)104-66-74-110-108-42-22-26-46-116(108)124(118(110)84-104,96-35-15-10-16-36-96)78-30-6-8-32-80-132-106-71-59-90(4-2)60-72-106/h3-4,9-28,33-76,81-84H,1-2,5-8,29-32,77-80,85-88H2. The van der Waals surface area contributed by atoms with Crippen molar-refractivity contribution in [1.82, 2.24) is 9.13 Å². The van der Waals surface area contributed by atoms with Gasteiger partial charge in [-0.15, -0.1) is 0 Å². The summed E-state index contributed by atoms with van der Waals surface area (Å²) in [4.78, 5) is 4.90. The van der Waals surface area contributed by atoms with Crippen molar-refractivity contribution in [1.29, 1.82) is 0 Å². The number of hydrogen-bond donors (Lipinski definition) is 0. The highest BCUT2D eigenvalue weighted by Crippen LogP contribution is 2.59. The number of hydrogen-bond acceptors (Lipinski definition) is 6. The summed E-state index contributed by atoms with van der Waals surface area (Å²) in [6.07, 6.45) is 14.3. The summed E-state index contributed by atoms with van der Waals surface area (Å²) >= 11 is 0. The molecule has 2 atom stereocenters. The second-order valence-corrected chi connectivity index (χ2v) is 35.3. The predicted molar refractivity (Wildman–Crippen MR) is 548 cm³/mol. The Morgan fingerprint density at radius 2 is 0.568 bits per heavy atom. The Labute approximate surface area is 774 Å². The van der Waals surface area contributed by atoms with Gasteiger partial charge in [0.2, 0.25) is 0 Å². The number of rotatable bonds is 36. The van der Waals surface area contributed by atoms with Gasteiger partial charge in [0.25, 0.3) is 0 Å². The molecule has 2 heterocycles. The van der Waals surface area contributed by atoms with Crippen molar-refractivity contribution in [3.8, 4) is 45.1 Å². The molecule has 17 aromatic carbocycles. The van der Waals surface area contributed by atoms with Crippen molar-refractivity contribution in [3.05, 3.63) is 492 Å². The van der Waals surface area contributed by atoms with Gasteiger partial charge in [0, 0.05) is 77.9 Å². The molecule has 2 aliphatic carbocycles. The molecule has 21 rings (SSSR count). The maximum absolute atomic E-state index is 6.43. The molecule has 8 heteroatoms. The van der Waals surface area contributed by atoms with E-state index in [1.54, 1.807) is 0 Å². The molecule has 2 aliphatic rings. The Hall–Kier alpha value is -15.1. The van der Waals surface area contributed by atoms with Crippen molar-refractivity contribution >= 4 is 89.9 Å². The molecule has 0 amide bonds. The third-order valence-electron chi connectivity index (χ3n) is 27.3. The van der Waals surface area contributed by atoms with E-state index in [2.05, 4.69) is 420 Å². The van der Waals surface area contributed by atoms with Gasteiger partial charge in [-0.3, -0.25) is 0 Å². The van der Waals surface area contributed by atoms with E-state index in [4.69, 9.17) is 18.9 Å². The van der Waals surface area contributed by atoms with Crippen LogP contribution in [0.1, 0.15) is 131 Å². The van der Waals surface area contributed by atoms with Gasteiger partial charge in [-0.05, 0) is 260 Å². The Morgan fingerprint density at radius 1 is 0.250 bits per heavy atom. The zero-order chi connectivity index (χ0) is 88.6. The lowest BCUT2D eigenvalue weighted by Gasteiger charge is -2.34. The van der Waals surface area contributed by atoms with Crippen LogP contribution in [-0.4, -0.2) is 22.3 Å². The summed E-state index contributed by atoms with van der Waals surface area (Å²) in [6.45, 7) is 11.2. The van der Waals surface area contributed by atoms with Crippen molar-refractivity contribution in [2.75, 3.05) is 23.0 Å². The van der Waals surface area contributed by atoms with Crippen LogP contribution in [0.3, 0.4) is 0 Å². The smallest absolute Gasteiger partial charge is 0.119 e. The lowest BCUT2D eigenvalue weighted by molar-refractivity contribution is 0.105. The fourth-order valence-electron chi connectivity index (χ4n) is 20.9. The molecule has 19 aromatic rings. The molecular weight excluding hydrogens is 1610 g/mol. The van der Waals surface area contributed by atoms with Crippen LogP contribution in [0, 0.1) is 0 Å². The van der Waals surface area contributed by atoms with Crippen LogP contribution in [0.2, 0.25) is 0 Å². The minimum Gasteiger partial charge on any atom is -0.494 e. The first-order valence-corrected chi connectivity index (χ1v) is 46.8. The summed E-state index contributed by atoms with van der Waals surface area (Å²) in [6, 6.07) is 151. The molecule has 0 fully saturated rings. The fraction of sp³-hybridized carbons (Fsp3) is 0.145. The van der Waals surface area contributed by atoms with Gasteiger partial charge in [0.05, 0.1) is 61.7 Å². The van der Waals surface area contributed by atoms with Gasteiger partial charge in [0.1, 0.15) is 11.5 Å². The van der Waals surface area contributed by atoms with E-state index in [-0.39, 0.29) is 10.8 Å². The van der Waals surface area contributed by atoms with E-state index < -0.39 is 0 Å². The predicted octanol–water partition coefficient (Wildman–Crippen LogP) is 32.2. The normalized spacial score (nSPS) is 14.1. The van der Waals surface area contributed by atoms with Crippen molar-refractivity contribution in [3.63, 3.8) is 0 Å². The molecule has 2 unspecified atom stereocenters. The lowest BCUT2D eigenvalue weighted by Crippen LogP contribution is -2.27. The molecule has 0 bridgehead atoms. The van der Waals surface area contributed by atoms with E-state index in [0.29, 0.717) is 39.6 Å². The molecule has 0 spiro atoms. The highest BCUT2D eigenvalue weighted by Gasteiger charge is 2.46. The minimum atomic E-state index is -0.344. The SMILES string of the molecule is C=Cc1ccc(OCCCCCCC2(c3ccccc3)c3ccccc3-c3ccc(N(c4ccccc4)c4ccc5c(c4)c4ccccc4n5-c4ccc(COCc5ccc(COCc6ccc(-n7c8ccccc8c8cc(N(c9ccccc9)c9ccc%10c(c9)C(CCCCCCOc9ccc(C=C)cc9)(c9ccccc9)c9ccccc9-%10)ccc87)cc6)cc5)cc4)cc32)cc1. The lowest BCUT2D eigenvalue weighted by atomic mass is 9.69. The maximum Gasteiger partial charge on any atom is 0.119 e. The number of unbranched alkanes of at least 4 members (excludes halogenated alkanes) is 6. The molecule has 0 radical (unpaired) electrons. The second kappa shape index (κ2) is 37.9. The Kier molecular flexibility index (Phi) is 24.1. The van der Waals surface area contributed by atoms with E-state index in [9.17, 15) is 0 Å². The maximum atomic E-state index is 6.43. The number of anilines is 6. The highest BCUT2D eigenvalue weighted by atomic mass is 16.5. The van der Waals surface area contributed by atoms with Crippen LogP contribution in [0.4, 0.5) is 34.1 Å². The van der Waals surface area contributed by atoms with Crippen molar-refractivity contribution < 1.29 is 18.9 Å². The molecule has 0 aliphatic heterocycles. The summed E-state index contributed by atoms with van der Waals surface area (Å²) < 4.78 is 30.0. The van der Waals surface area contributed by atoms with Crippen molar-refractivity contribution in [2.45, 2.75) is 101 Å². The van der Waals surface area contributed by atoms with Gasteiger partial charge in [-0.1, -0.05) is 331 Å². The Balaban J connectivity index is 0.471. The largest absolute Gasteiger partial charge is 0.494 e. The highest BCUT2D eigenvalue weighted by molar-refractivity contribution is 6.12. The van der Waals surface area contributed by atoms with Crippen LogP contribution >= 0.6 is 0 Å². The van der Waals surface area contributed by atoms with E-state index in [1.165, 1.54) is 77.2 Å². The number of para-hydroxylation sites is 4. The molecule has 0 saturated carbocycles. The van der Waals surface area contributed by atoms with E-state index in [0.717, 1.165) is 177 Å². The van der Waals surface area contributed by atoms with E-state index in [1.807, 2.05) is 36.4 Å². The number of benzene rings is 17. The first kappa shape index (κ1) is 83.8. The Morgan fingerprint density at radius 3 is 0.962 bits per heavy atom. The van der Waals surface area contributed by atoms with Gasteiger partial charge < -0.3 is 37.9 Å². The minimum absolute atomic E-state index is 0.344. The van der Waals surface area contributed by atoms with Crippen molar-refractivity contribution in [2.24, 2.45) is 0 Å². The van der Waals surface area contributed by atoms with Crippen LogP contribution in [0.15, 0.2) is 426 Å². The summed E-state index contributed by atoms with van der Waals surface area (Å²) in [5.74, 6) is 1.81. The second-order valence-electron chi connectivity index (χ2n) is 35.3. The topological polar surface area (TPSA) is 53.3 Å². The van der Waals surface area contributed by atoms with Crippen LogP contribution in [0.5, 0.6) is 11.5 Å². The summed E-state index contributed by atoms with van der Waals surface area (Å²) in [7, 11) is 0. The number of ether oxygens (including phenoxy) is 4. The molecule has 0 saturated heterocycles. The molecule has 0 N–H and O–H groups in total. The third kappa shape index (κ3) is 16.5. The van der Waals surface area contributed by atoms with Gasteiger partial charge in [0.15, 0.2) is 0 Å². The average Bonchev–Trinajstić information content (AvgIpc) is 1.55.